The van der Waals surface area contributed by atoms with Gasteiger partial charge in [-0.05, 0) is 67.8 Å². The number of anilines is 1. The molecule has 4 aromatic rings. The average Bonchev–Trinajstić information content (AvgIpc) is 3.73. The SMILES string of the molecule is CCCCCOc1ccc(C2C(C(=O)c3ccc(C)o3)=C(O)C(=O)N2c2nnc(SCc3ccc(Cl)cc3Cl)s2)cc1OCC. The summed E-state index contributed by atoms with van der Waals surface area (Å²) in [6, 6.07) is 12.6. The number of halogens is 2. The van der Waals surface area contributed by atoms with Gasteiger partial charge in [-0.2, -0.15) is 0 Å². The first-order valence-corrected chi connectivity index (χ1v) is 16.9. The van der Waals surface area contributed by atoms with Crippen LogP contribution in [-0.2, 0) is 10.5 Å². The van der Waals surface area contributed by atoms with E-state index >= 15 is 0 Å². The zero-order valence-electron chi connectivity index (χ0n) is 24.8. The standard InChI is InChI=1S/C32H31Cl2N3O6S2/c1-4-6-7-14-42-23-13-10-19(15-25(23)41-5-2)27-26(28(38)24-12-8-18(3)43-24)29(39)30(40)37(27)31-35-36-32(45-31)44-17-20-9-11-21(33)16-22(20)34/h8-13,15-16,27,39H,4-7,14,17H2,1-3H3. The number of furan rings is 1. The highest BCUT2D eigenvalue weighted by Crippen LogP contribution is 2.46. The number of rotatable bonds is 14. The van der Waals surface area contributed by atoms with Gasteiger partial charge in [-0.15, -0.1) is 10.2 Å². The number of ether oxygens (including phenoxy) is 2. The van der Waals surface area contributed by atoms with Crippen LogP contribution in [-0.4, -0.2) is 40.2 Å². The lowest BCUT2D eigenvalue weighted by molar-refractivity contribution is -0.117. The number of hydrogen-bond acceptors (Lipinski definition) is 10. The minimum Gasteiger partial charge on any atom is -0.503 e. The molecule has 1 N–H and O–H groups in total. The van der Waals surface area contributed by atoms with Crippen LogP contribution < -0.4 is 14.4 Å². The number of ketones is 1. The van der Waals surface area contributed by atoms with Gasteiger partial charge in [-0.3, -0.25) is 14.5 Å². The van der Waals surface area contributed by atoms with E-state index in [-0.39, 0.29) is 16.5 Å². The fraction of sp³-hybridized carbons (Fsp3) is 0.312. The number of hydrogen-bond donors (Lipinski definition) is 1. The Kier molecular flexibility index (Phi) is 10.8. The molecule has 0 aliphatic carbocycles. The number of aromatic nitrogens is 2. The average molecular weight is 689 g/mol. The van der Waals surface area contributed by atoms with Crippen LogP contribution in [0.2, 0.25) is 10.0 Å². The molecule has 0 radical (unpaired) electrons. The molecule has 1 atom stereocenters. The lowest BCUT2D eigenvalue weighted by Crippen LogP contribution is -2.31. The van der Waals surface area contributed by atoms with Crippen LogP contribution in [0.3, 0.4) is 0 Å². The fourth-order valence-corrected chi connectivity index (χ4v) is 7.22. The van der Waals surface area contributed by atoms with Crippen LogP contribution in [0.15, 0.2) is 68.6 Å². The third kappa shape index (κ3) is 7.33. The maximum atomic E-state index is 13.8. The number of aliphatic hydroxyl groups excluding tert-OH is 1. The molecule has 45 heavy (non-hydrogen) atoms. The topological polar surface area (TPSA) is 115 Å². The van der Waals surface area contributed by atoms with Crippen molar-refractivity contribution in [2.75, 3.05) is 18.1 Å². The van der Waals surface area contributed by atoms with E-state index < -0.39 is 23.5 Å². The maximum Gasteiger partial charge on any atom is 0.296 e. The van der Waals surface area contributed by atoms with Crippen LogP contribution in [0.1, 0.15) is 66.6 Å². The van der Waals surface area contributed by atoms with E-state index in [2.05, 4.69) is 17.1 Å². The van der Waals surface area contributed by atoms with E-state index in [0.717, 1.165) is 36.2 Å². The Morgan fingerprint density at radius 3 is 2.60 bits per heavy atom. The van der Waals surface area contributed by atoms with Crippen LogP contribution in [0, 0.1) is 6.92 Å². The fourth-order valence-electron chi connectivity index (χ4n) is 4.79. The first-order chi connectivity index (χ1) is 21.7. The summed E-state index contributed by atoms with van der Waals surface area (Å²) in [4.78, 5) is 28.7. The molecule has 1 aliphatic heterocycles. The smallest absolute Gasteiger partial charge is 0.296 e. The Bertz CT molecular complexity index is 1740. The third-order valence-corrected chi connectivity index (χ3v) is 9.67. The number of benzene rings is 2. The van der Waals surface area contributed by atoms with E-state index in [1.165, 1.54) is 22.7 Å². The van der Waals surface area contributed by atoms with Crippen LogP contribution in [0.4, 0.5) is 5.13 Å². The van der Waals surface area contributed by atoms with Gasteiger partial charge in [0.15, 0.2) is 27.4 Å². The second-order valence-electron chi connectivity index (χ2n) is 10.1. The molecule has 1 unspecified atom stereocenters. The molecule has 2 aromatic heterocycles. The Balaban J connectivity index is 1.50. The van der Waals surface area contributed by atoms with E-state index in [9.17, 15) is 14.7 Å². The van der Waals surface area contributed by atoms with Gasteiger partial charge in [0.2, 0.25) is 10.9 Å². The molecule has 0 saturated carbocycles. The zero-order chi connectivity index (χ0) is 32.1. The van der Waals surface area contributed by atoms with Crippen molar-refractivity contribution in [3.8, 4) is 11.5 Å². The summed E-state index contributed by atoms with van der Waals surface area (Å²) in [6.07, 6.45) is 3.00. The van der Waals surface area contributed by atoms with Gasteiger partial charge in [0, 0.05) is 15.8 Å². The molecule has 2 aromatic carbocycles. The number of carbonyl (C=O) groups excluding carboxylic acids is 2. The van der Waals surface area contributed by atoms with E-state index in [0.29, 0.717) is 56.2 Å². The number of unbranched alkanes of at least 4 members (excludes halogenated alkanes) is 2. The van der Waals surface area contributed by atoms with Crippen LogP contribution >= 0.6 is 46.3 Å². The van der Waals surface area contributed by atoms with Crippen molar-refractivity contribution < 1.29 is 28.6 Å². The number of Topliss-reactive ketones (excluding diaryl/α,β-unsaturated/α-hetero) is 1. The molecule has 236 valence electrons. The highest BCUT2D eigenvalue weighted by molar-refractivity contribution is 8.00. The second kappa shape index (κ2) is 14.7. The van der Waals surface area contributed by atoms with Crippen molar-refractivity contribution in [2.24, 2.45) is 0 Å². The van der Waals surface area contributed by atoms with Gasteiger partial charge in [0.25, 0.3) is 5.91 Å². The molecular formula is C32H31Cl2N3O6S2. The number of thioether (sulfide) groups is 1. The van der Waals surface area contributed by atoms with Gasteiger partial charge < -0.3 is 19.0 Å². The van der Waals surface area contributed by atoms with Gasteiger partial charge in [0.05, 0.1) is 24.8 Å². The molecule has 0 spiro atoms. The Labute approximate surface area is 279 Å². The summed E-state index contributed by atoms with van der Waals surface area (Å²) in [5.74, 6) is -0.0631. The van der Waals surface area contributed by atoms with Crippen molar-refractivity contribution in [3.05, 3.63) is 92.6 Å². The maximum absolute atomic E-state index is 13.8. The molecule has 0 fully saturated rings. The van der Waals surface area contributed by atoms with Gasteiger partial charge in [0.1, 0.15) is 5.76 Å². The number of nitrogens with zero attached hydrogens (tertiary/aromatic N) is 3. The highest BCUT2D eigenvalue weighted by Gasteiger charge is 2.47. The minimum absolute atomic E-state index is 0.00274. The molecule has 1 aliphatic rings. The van der Waals surface area contributed by atoms with Gasteiger partial charge in [-0.25, -0.2) is 0 Å². The second-order valence-corrected chi connectivity index (χ2v) is 13.2. The van der Waals surface area contributed by atoms with Crippen LogP contribution in [0.5, 0.6) is 11.5 Å². The van der Waals surface area contributed by atoms with Gasteiger partial charge >= 0.3 is 0 Å². The van der Waals surface area contributed by atoms with Crippen molar-refractivity contribution in [1.29, 1.82) is 0 Å². The van der Waals surface area contributed by atoms with Crippen LogP contribution in [0.25, 0.3) is 0 Å². The lowest BCUT2D eigenvalue weighted by atomic mass is 9.95. The molecule has 3 heterocycles. The molecule has 9 nitrogen and oxygen atoms in total. The first-order valence-electron chi connectivity index (χ1n) is 14.4. The molecule has 0 saturated heterocycles. The molecule has 1 amide bonds. The molecule has 0 bridgehead atoms. The number of aliphatic hydroxyl groups is 1. The normalized spacial score (nSPS) is 14.8. The van der Waals surface area contributed by atoms with Crippen molar-refractivity contribution in [1.82, 2.24) is 10.2 Å². The number of carbonyl (C=O) groups is 2. The molecule has 5 rings (SSSR count). The minimum atomic E-state index is -1.04. The van der Waals surface area contributed by atoms with Gasteiger partial charge in [-0.1, -0.05) is 78.2 Å². The monoisotopic (exact) mass is 687 g/mol. The lowest BCUT2D eigenvalue weighted by Gasteiger charge is -2.25. The van der Waals surface area contributed by atoms with Crippen molar-refractivity contribution in [2.45, 2.75) is 56.2 Å². The third-order valence-electron chi connectivity index (χ3n) is 6.97. The Hall–Kier alpha value is -3.51. The quantitative estimate of drug-likeness (QED) is 0.0601. The number of amides is 1. The predicted molar refractivity (Wildman–Crippen MR) is 176 cm³/mol. The Morgan fingerprint density at radius 2 is 1.89 bits per heavy atom. The van der Waals surface area contributed by atoms with E-state index in [1.54, 1.807) is 43.3 Å². The summed E-state index contributed by atoms with van der Waals surface area (Å²) >= 11 is 14.9. The van der Waals surface area contributed by atoms with E-state index in [1.807, 2.05) is 13.0 Å². The van der Waals surface area contributed by atoms with E-state index in [4.69, 9.17) is 37.1 Å². The summed E-state index contributed by atoms with van der Waals surface area (Å²) < 4.78 is 18.1. The summed E-state index contributed by atoms with van der Waals surface area (Å²) in [5.41, 5.74) is 1.24. The summed E-state index contributed by atoms with van der Waals surface area (Å²) in [5, 5.41) is 21.0. The van der Waals surface area contributed by atoms with Crippen molar-refractivity contribution >= 4 is 63.1 Å². The van der Waals surface area contributed by atoms with Crippen molar-refractivity contribution in [3.63, 3.8) is 0 Å². The summed E-state index contributed by atoms with van der Waals surface area (Å²) in [6.45, 7) is 6.58. The number of aryl methyl sites for hydroxylation is 1. The first kappa shape index (κ1) is 32.9. The zero-order valence-corrected chi connectivity index (χ0v) is 28.0. The highest BCUT2D eigenvalue weighted by atomic mass is 35.5. The Morgan fingerprint density at radius 1 is 1.07 bits per heavy atom. The molecule has 13 heteroatoms. The predicted octanol–water partition coefficient (Wildman–Crippen LogP) is 8.79. The largest absolute Gasteiger partial charge is 0.503 e. The summed E-state index contributed by atoms with van der Waals surface area (Å²) in [7, 11) is 0. The molecular weight excluding hydrogens is 657 g/mol.